The molecule has 2 rings (SSSR count). The van der Waals surface area contributed by atoms with E-state index in [1.165, 1.54) is 7.11 Å². The predicted molar refractivity (Wildman–Crippen MR) is 174 cm³/mol. The maximum Gasteiger partial charge on any atom is 0.326 e. The van der Waals surface area contributed by atoms with Crippen LogP contribution in [-0.2, 0) is 14.4 Å². The highest BCUT2D eigenvalue weighted by molar-refractivity contribution is 5.93. The third kappa shape index (κ3) is 12.7. The molecule has 0 saturated heterocycles. The van der Waals surface area contributed by atoms with Gasteiger partial charge in [0.2, 0.25) is 17.6 Å². The van der Waals surface area contributed by atoms with Crippen LogP contribution in [0.25, 0.3) is 12.2 Å². The zero-order valence-electron chi connectivity index (χ0n) is 26.4. The molecule has 0 aromatic heterocycles. The number of hydrogen-bond donors (Lipinski definition) is 5. The zero-order chi connectivity index (χ0) is 33.2. The Morgan fingerprint density at radius 1 is 0.800 bits per heavy atom. The molecular weight excluding hydrogens is 582 g/mol. The third-order valence-corrected chi connectivity index (χ3v) is 6.79. The van der Waals surface area contributed by atoms with Crippen molar-refractivity contribution < 1.29 is 38.4 Å². The molecule has 0 spiro atoms. The maximum atomic E-state index is 12.7. The number of carboxylic acids is 1. The maximum absolute atomic E-state index is 12.7. The lowest BCUT2D eigenvalue weighted by atomic mass is 10.1. The molecule has 0 radical (unpaired) electrons. The van der Waals surface area contributed by atoms with Crippen LogP contribution in [0.4, 0.5) is 5.69 Å². The van der Waals surface area contributed by atoms with Gasteiger partial charge in [0.05, 0.1) is 34.1 Å². The summed E-state index contributed by atoms with van der Waals surface area (Å²) in [4.78, 5) is 40.1. The van der Waals surface area contributed by atoms with E-state index < -0.39 is 12.0 Å². The van der Waals surface area contributed by atoms with Gasteiger partial charge < -0.3 is 46.2 Å². The van der Waals surface area contributed by atoms with Gasteiger partial charge in [-0.15, -0.1) is 0 Å². The Morgan fingerprint density at radius 2 is 1.40 bits per heavy atom. The van der Waals surface area contributed by atoms with Crippen molar-refractivity contribution in [2.45, 2.75) is 57.4 Å². The number of rotatable bonds is 20. The number of unbranched alkanes of at least 4 members (excludes halogenated alkanes) is 3. The van der Waals surface area contributed by atoms with Gasteiger partial charge in [-0.3, -0.25) is 14.6 Å². The average Bonchev–Trinajstić information content (AvgIpc) is 3.02. The molecule has 1 atom stereocenters. The minimum atomic E-state index is -1.10. The summed E-state index contributed by atoms with van der Waals surface area (Å²) in [5, 5.41) is 14.8. The van der Waals surface area contributed by atoms with Gasteiger partial charge in [0.15, 0.2) is 17.5 Å². The number of amides is 2. The summed E-state index contributed by atoms with van der Waals surface area (Å²) in [6.07, 6.45) is 7.66. The van der Waals surface area contributed by atoms with Crippen molar-refractivity contribution in [1.82, 2.24) is 5.32 Å². The van der Waals surface area contributed by atoms with Crippen molar-refractivity contribution in [3.8, 4) is 23.0 Å². The second-order valence-electron chi connectivity index (χ2n) is 10.1. The van der Waals surface area contributed by atoms with Gasteiger partial charge in [-0.2, -0.15) is 0 Å². The van der Waals surface area contributed by atoms with Crippen molar-refractivity contribution in [3.05, 3.63) is 41.5 Å². The monoisotopic (exact) mass is 627 g/mol. The standard InChI is InChI=1S/C32H45N5O8/c1-42-25-16-15-21(13-14-22-19-26(43-2)30(45-4)27(20-22)44-3)18-24(25)37-29(39)12-8-6-5-7-11-28(38)36-23(31(40)41)10-9-17-35-32(33)34/h13-16,18-20,23H,5-12,17H2,1-4H3,(H,36,38)(H,37,39)(H,40,41)(H4,33,34,35)/b14-13-/t23-/m0/s1. The number of guanidine groups is 1. The van der Waals surface area contributed by atoms with Crippen molar-refractivity contribution in [3.63, 3.8) is 0 Å². The van der Waals surface area contributed by atoms with E-state index in [1.807, 2.05) is 36.4 Å². The smallest absolute Gasteiger partial charge is 0.326 e. The van der Waals surface area contributed by atoms with Gasteiger partial charge in [0, 0.05) is 19.4 Å². The Balaban J connectivity index is 1.83. The summed E-state index contributed by atoms with van der Waals surface area (Å²) in [5.74, 6) is 0.494. The van der Waals surface area contributed by atoms with Gasteiger partial charge in [0.1, 0.15) is 11.8 Å². The van der Waals surface area contributed by atoms with Crippen LogP contribution in [0.15, 0.2) is 35.3 Å². The highest BCUT2D eigenvalue weighted by atomic mass is 16.5. The first-order valence-corrected chi connectivity index (χ1v) is 14.6. The number of aliphatic carboxylic acids is 1. The summed E-state index contributed by atoms with van der Waals surface area (Å²) in [6.45, 7) is 0.293. The van der Waals surface area contributed by atoms with E-state index in [0.717, 1.165) is 24.0 Å². The van der Waals surface area contributed by atoms with Crippen LogP contribution in [0, 0.1) is 0 Å². The fourth-order valence-electron chi connectivity index (χ4n) is 4.48. The summed E-state index contributed by atoms with van der Waals surface area (Å²) in [7, 11) is 6.21. The quantitative estimate of drug-likeness (QED) is 0.0623. The van der Waals surface area contributed by atoms with Gasteiger partial charge in [-0.05, 0) is 61.1 Å². The molecule has 0 bridgehead atoms. The molecule has 0 aliphatic heterocycles. The number of ether oxygens (including phenoxy) is 4. The van der Waals surface area contributed by atoms with Crippen molar-refractivity contribution in [1.29, 1.82) is 0 Å². The van der Waals surface area contributed by atoms with Crippen LogP contribution in [0.2, 0.25) is 0 Å². The number of carbonyl (C=O) groups excluding carboxylic acids is 2. The second-order valence-corrected chi connectivity index (χ2v) is 10.1. The molecule has 0 aliphatic rings. The highest BCUT2D eigenvalue weighted by Crippen LogP contribution is 2.38. The second kappa shape index (κ2) is 19.4. The molecule has 246 valence electrons. The number of carboxylic acid groups (broad SMARTS) is 1. The summed E-state index contributed by atoms with van der Waals surface area (Å²) < 4.78 is 21.7. The van der Waals surface area contributed by atoms with Crippen molar-refractivity contribution >= 4 is 41.6 Å². The molecule has 2 aromatic rings. The number of benzene rings is 2. The SMILES string of the molecule is COc1ccc(/C=C\c2cc(OC)c(OC)c(OC)c2)cc1NC(=O)CCCCCCC(=O)N[C@@H](CCCN=C(N)N)C(=O)O. The molecule has 13 heteroatoms. The lowest BCUT2D eigenvalue weighted by Crippen LogP contribution is -2.40. The van der Waals surface area contributed by atoms with Gasteiger partial charge in [-0.25, -0.2) is 4.79 Å². The normalized spacial score (nSPS) is 11.4. The van der Waals surface area contributed by atoms with E-state index in [0.29, 0.717) is 60.9 Å². The average molecular weight is 628 g/mol. The van der Waals surface area contributed by atoms with Gasteiger partial charge in [0.25, 0.3) is 0 Å². The minimum absolute atomic E-state index is 0.0599. The first-order chi connectivity index (χ1) is 21.6. The number of nitrogens with one attached hydrogen (secondary N) is 2. The lowest BCUT2D eigenvalue weighted by molar-refractivity contribution is -0.142. The molecule has 2 aromatic carbocycles. The molecule has 13 nitrogen and oxygen atoms in total. The molecule has 0 unspecified atom stereocenters. The summed E-state index contributed by atoms with van der Waals surface area (Å²) in [6, 6.07) is 8.18. The molecule has 0 saturated carbocycles. The summed E-state index contributed by atoms with van der Waals surface area (Å²) >= 11 is 0. The van der Waals surface area contributed by atoms with E-state index in [2.05, 4.69) is 15.6 Å². The van der Waals surface area contributed by atoms with Gasteiger partial charge >= 0.3 is 5.97 Å². The van der Waals surface area contributed by atoms with Crippen LogP contribution in [0.1, 0.15) is 62.5 Å². The summed E-state index contributed by atoms with van der Waals surface area (Å²) in [5.41, 5.74) is 12.8. The van der Waals surface area contributed by atoms with Crippen LogP contribution in [-0.4, -0.2) is 69.9 Å². The molecule has 0 heterocycles. The topological polar surface area (TPSA) is 197 Å². The Kier molecular flexibility index (Phi) is 15.6. The van der Waals surface area contributed by atoms with Crippen molar-refractivity contribution in [2.24, 2.45) is 16.5 Å². The Morgan fingerprint density at radius 3 is 1.96 bits per heavy atom. The fraction of sp³-hybridized carbons (Fsp3) is 0.438. The fourth-order valence-corrected chi connectivity index (χ4v) is 4.48. The first-order valence-electron chi connectivity index (χ1n) is 14.6. The van der Waals surface area contributed by atoms with E-state index in [1.54, 1.807) is 27.4 Å². The van der Waals surface area contributed by atoms with E-state index >= 15 is 0 Å². The zero-order valence-corrected chi connectivity index (χ0v) is 26.4. The number of anilines is 1. The molecule has 0 aliphatic carbocycles. The van der Waals surface area contributed by atoms with Crippen molar-refractivity contribution in [2.75, 3.05) is 40.3 Å². The molecular formula is C32H45N5O8. The molecule has 7 N–H and O–H groups in total. The minimum Gasteiger partial charge on any atom is -0.495 e. The predicted octanol–water partition coefficient (Wildman–Crippen LogP) is 3.79. The highest BCUT2D eigenvalue weighted by Gasteiger charge is 2.19. The van der Waals surface area contributed by atoms with Crippen LogP contribution >= 0.6 is 0 Å². The number of nitrogens with two attached hydrogens (primary N) is 2. The Hall–Kier alpha value is -4.94. The molecule has 2 amide bonds. The Labute approximate surface area is 264 Å². The van der Waals surface area contributed by atoms with E-state index in [4.69, 9.17) is 30.4 Å². The number of carbonyl (C=O) groups is 3. The van der Waals surface area contributed by atoms with Gasteiger partial charge in [-0.1, -0.05) is 31.1 Å². The van der Waals surface area contributed by atoms with E-state index in [-0.39, 0.29) is 30.6 Å². The first kappa shape index (κ1) is 36.3. The number of methoxy groups -OCH3 is 4. The number of nitrogens with zero attached hydrogens (tertiary/aromatic N) is 1. The largest absolute Gasteiger partial charge is 0.495 e. The van der Waals surface area contributed by atoms with Crippen LogP contribution in [0.5, 0.6) is 23.0 Å². The van der Waals surface area contributed by atoms with Crippen LogP contribution in [0.3, 0.4) is 0 Å². The third-order valence-electron chi connectivity index (χ3n) is 6.79. The number of aliphatic imine (C=N–C) groups is 1. The Bertz CT molecular complexity index is 1320. The number of hydrogen-bond acceptors (Lipinski definition) is 8. The van der Waals surface area contributed by atoms with Crippen LogP contribution < -0.4 is 41.0 Å². The van der Waals surface area contributed by atoms with E-state index in [9.17, 15) is 19.5 Å². The molecule has 45 heavy (non-hydrogen) atoms. The lowest BCUT2D eigenvalue weighted by Gasteiger charge is -2.14. The molecule has 0 fully saturated rings.